The van der Waals surface area contributed by atoms with E-state index in [1.54, 1.807) is 19.1 Å². The molecule has 0 heterocycles. The molecule has 0 saturated carbocycles. The summed E-state index contributed by atoms with van der Waals surface area (Å²) in [6.07, 6.45) is 0. The minimum Gasteiger partial charge on any atom is -0.493 e. The number of amides is 1. The fourth-order valence-corrected chi connectivity index (χ4v) is 2.58. The van der Waals surface area contributed by atoms with Crippen LogP contribution in [-0.4, -0.2) is 30.7 Å². The smallest absolute Gasteiger partial charge is 0.387 e. The van der Waals surface area contributed by atoms with Crippen molar-refractivity contribution in [1.29, 1.82) is 0 Å². The Morgan fingerprint density at radius 1 is 1.11 bits per heavy atom. The van der Waals surface area contributed by atoms with Gasteiger partial charge < -0.3 is 19.9 Å². The number of hydrogen-bond acceptors (Lipinski definition) is 4. The molecule has 0 fully saturated rings. The van der Waals surface area contributed by atoms with Crippen LogP contribution < -0.4 is 14.8 Å². The lowest BCUT2D eigenvalue weighted by molar-refractivity contribution is -0.139. The second-order valence-electron chi connectivity index (χ2n) is 5.78. The number of alkyl halides is 2. The minimum atomic E-state index is -3.04. The van der Waals surface area contributed by atoms with E-state index >= 15 is 0 Å². The number of nitrogens with one attached hydrogen (secondary N) is 1. The quantitative estimate of drug-likeness (QED) is 0.770. The fraction of sp³-hybridized carbons (Fsp3) is 0.263. The molecule has 2 rings (SSSR count). The molecule has 0 aromatic heterocycles. The highest BCUT2D eigenvalue weighted by Gasteiger charge is 2.25. The van der Waals surface area contributed by atoms with Gasteiger partial charge in [-0.3, -0.25) is 4.79 Å². The van der Waals surface area contributed by atoms with Crippen LogP contribution in [-0.2, 0) is 4.79 Å². The first kappa shape index (κ1) is 20.2. The number of aryl methyl sites for hydroxylation is 1. The number of ether oxygens (including phenoxy) is 2. The third-order valence-electron chi connectivity index (χ3n) is 4.12. The maximum atomic E-state index is 12.5. The monoisotopic (exact) mass is 379 g/mol. The number of carboxylic acids is 1. The molecule has 0 aliphatic carbocycles. The number of benzene rings is 2. The summed E-state index contributed by atoms with van der Waals surface area (Å²) < 4.78 is 34.0. The second-order valence-corrected chi connectivity index (χ2v) is 5.78. The van der Waals surface area contributed by atoms with Crippen molar-refractivity contribution in [2.75, 3.05) is 7.11 Å². The Morgan fingerprint density at radius 2 is 1.81 bits per heavy atom. The van der Waals surface area contributed by atoms with E-state index in [2.05, 4.69) is 10.1 Å². The largest absolute Gasteiger partial charge is 0.493 e. The van der Waals surface area contributed by atoms with Crippen LogP contribution in [0.5, 0.6) is 11.5 Å². The normalized spacial score (nSPS) is 11.8. The van der Waals surface area contributed by atoms with E-state index in [0.717, 1.165) is 17.2 Å². The summed E-state index contributed by atoms with van der Waals surface area (Å²) in [5.74, 6) is -2.21. The van der Waals surface area contributed by atoms with Gasteiger partial charge in [-0.05, 0) is 48.7 Å². The van der Waals surface area contributed by atoms with Gasteiger partial charge in [0.15, 0.2) is 17.5 Å². The highest BCUT2D eigenvalue weighted by molar-refractivity contribution is 5.97. The summed E-state index contributed by atoms with van der Waals surface area (Å²) in [4.78, 5) is 24.2. The minimum absolute atomic E-state index is 0.0463. The third kappa shape index (κ3) is 4.72. The third-order valence-corrected chi connectivity index (χ3v) is 4.12. The topological polar surface area (TPSA) is 84.9 Å². The summed E-state index contributed by atoms with van der Waals surface area (Å²) in [5, 5.41) is 12.0. The van der Waals surface area contributed by atoms with E-state index in [4.69, 9.17) is 4.74 Å². The van der Waals surface area contributed by atoms with E-state index in [9.17, 15) is 23.5 Å². The van der Waals surface area contributed by atoms with Crippen molar-refractivity contribution >= 4 is 11.9 Å². The van der Waals surface area contributed by atoms with Gasteiger partial charge in [0.25, 0.3) is 5.91 Å². The lowest BCUT2D eigenvalue weighted by Crippen LogP contribution is -2.34. The Labute approximate surface area is 154 Å². The summed E-state index contributed by atoms with van der Waals surface area (Å²) in [6, 6.07) is 7.52. The van der Waals surface area contributed by atoms with Crippen LogP contribution in [0.3, 0.4) is 0 Å². The molecule has 1 atom stereocenters. The highest BCUT2D eigenvalue weighted by Crippen LogP contribution is 2.30. The van der Waals surface area contributed by atoms with Crippen LogP contribution >= 0.6 is 0 Å². The SMILES string of the molecule is COc1cc(C(=O)NC(C(=O)O)c2cccc(C)c2C)ccc1OC(F)F. The molecule has 2 aromatic carbocycles. The number of halogens is 2. The predicted octanol–water partition coefficient (Wildman–Crippen LogP) is 3.47. The van der Waals surface area contributed by atoms with Gasteiger partial charge in [-0.2, -0.15) is 8.78 Å². The first-order valence-electron chi connectivity index (χ1n) is 7.97. The zero-order chi connectivity index (χ0) is 20.1. The first-order valence-corrected chi connectivity index (χ1v) is 7.97. The average Bonchev–Trinajstić information content (AvgIpc) is 2.61. The standard InChI is InChI=1S/C19H19F2NO5/c1-10-5-4-6-13(11(10)2)16(18(24)25)22-17(23)12-7-8-14(27-19(20)21)15(9-12)26-3/h4-9,16,19H,1-3H3,(H,22,23)(H,24,25). The number of aliphatic carboxylic acids is 1. The Morgan fingerprint density at radius 3 is 2.41 bits per heavy atom. The molecule has 6 nitrogen and oxygen atoms in total. The number of hydrogen-bond donors (Lipinski definition) is 2. The molecule has 0 saturated heterocycles. The van der Waals surface area contributed by atoms with Gasteiger partial charge in [-0.1, -0.05) is 18.2 Å². The van der Waals surface area contributed by atoms with Crippen molar-refractivity contribution in [3.05, 3.63) is 58.7 Å². The fourth-order valence-electron chi connectivity index (χ4n) is 2.58. The molecule has 0 radical (unpaired) electrons. The van der Waals surface area contributed by atoms with Crippen molar-refractivity contribution < 1.29 is 33.0 Å². The number of methoxy groups -OCH3 is 1. The number of rotatable bonds is 7. The van der Waals surface area contributed by atoms with Crippen LogP contribution in [0, 0.1) is 13.8 Å². The number of carboxylic acid groups (broad SMARTS) is 1. The highest BCUT2D eigenvalue weighted by atomic mass is 19.3. The number of carbonyl (C=O) groups excluding carboxylic acids is 1. The summed E-state index contributed by atoms with van der Waals surface area (Å²) in [5.41, 5.74) is 2.15. The van der Waals surface area contributed by atoms with Crippen molar-refractivity contribution in [1.82, 2.24) is 5.32 Å². The molecule has 8 heteroatoms. The van der Waals surface area contributed by atoms with E-state index in [1.807, 2.05) is 13.0 Å². The molecule has 1 amide bonds. The van der Waals surface area contributed by atoms with Gasteiger partial charge in [0.2, 0.25) is 0 Å². The van der Waals surface area contributed by atoms with Crippen molar-refractivity contribution in [2.24, 2.45) is 0 Å². The van der Waals surface area contributed by atoms with Gasteiger partial charge >= 0.3 is 12.6 Å². The van der Waals surface area contributed by atoms with Crippen LogP contribution in [0.15, 0.2) is 36.4 Å². The molecule has 1 unspecified atom stereocenters. The zero-order valence-electron chi connectivity index (χ0n) is 15.0. The Kier molecular flexibility index (Phi) is 6.33. The van der Waals surface area contributed by atoms with E-state index in [0.29, 0.717) is 5.56 Å². The Hall–Kier alpha value is -3.16. The molecule has 27 heavy (non-hydrogen) atoms. The molecule has 0 spiro atoms. The van der Waals surface area contributed by atoms with E-state index in [-0.39, 0.29) is 17.1 Å². The van der Waals surface area contributed by atoms with E-state index < -0.39 is 24.5 Å². The maximum Gasteiger partial charge on any atom is 0.387 e. The summed E-state index contributed by atoms with van der Waals surface area (Å²) >= 11 is 0. The lowest BCUT2D eigenvalue weighted by Gasteiger charge is -2.18. The van der Waals surface area contributed by atoms with Gasteiger partial charge in [0.1, 0.15) is 0 Å². The van der Waals surface area contributed by atoms with Crippen molar-refractivity contribution in [3.63, 3.8) is 0 Å². The van der Waals surface area contributed by atoms with Crippen LogP contribution in [0.2, 0.25) is 0 Å². The molecule has 0 bridgehead atoms. The average molecular weight is 379 g/mol. The molecule has 0 aliphatic rings. The second kappa shape index (κ2) is 8.48. The molecular formula is C19H19F2NO5. The van der Waals surface area contributed by atoms with Crippen LogP contribution in [0.1, 0.15) is 33.1 Å². The Bertz CT molecular complexity index is 854. The van der Waals surface area contributed by atoms with Gasteiger partial charge in [-0.25, -0.2) is 4.79 Å². The molecule has 2 aromatic rings. The summed E-state index contributed by atoms with van der Waals surface area (Å²) in [6.45, 7) is 0.567. The van der Waals surface area contributed by atoms with Gasteiger partial charge in [0, 0.05) is 5.56 Å². The van der Waals surface area contributed by atoms with Gasteiger partial charge in [0.05, 0.1) is 7.11 Å². The van der Waals surface area contributed by atoms with Crippen LogP contribution in [0.25, 0.3) is 0 Å². The van der Waals surface area contributed by atoms with Crippen LogP contribution in [0.4, 0.5) is 8.78 Å². The zero-order valence-corrected chi connectivity index (χ0v) is 15.0. The molecule has 144 valence electrons. The Balaban J connectivity index is 2.30. The van der Waals surface area contributed by atoms with E-state index in [1.165, 1.54) is 19.2 Å². The maximum absolute atomic E-state index is 12.5. The molecule has 2 N–H and O–H groups in total. The first-order chi connectivity index (χ1) is 12.7. The lowest BCUT2D eigenvalue weighted by atomic mass is 9.97. The molecular weight excluding hydrogens is 360 g/mol. The molecule has 0 aliphatic heterocycles. The summed E-state index contributed by atoms with van der Waals surface area (Å²) in [7, 11) is 1.24. The van der Waals surface area contributed by atoms with Crippen molar-refractivity contribution in [3.8, 4) is 11.5 Å². The van der Waals surface area contributed by atoms with Gasteiger partial charge in [-0.15, -0.1) is 0 Å². The van der Waals surface area contributed by atoms with Crippen molar-refractivity contribution in [2.45, 2.75) is 26.5 Å². The predicted molar refractivity (Wildman–Crippen MR) is 93.4 cm³/mol. The number of carbonyl (C=O) groups is 2.